The summed E-state index contributed by atoms with van der Waals surface area (Å²) in [5, 5.41) is 3.08. The lowest BCUT2D eigenvalue weighted by Gasteiger charge is -2.11. The Balaban J connectivity index is 2.28. The van der Waals surface area contributed by atoms with E-state index in [-0.39, 0.29) is 12.3 Å². The van der Waals surface area contributed by atoms with Gasteiger partial charge in [-0.1, -0.05) is 35.9 Å². The van der Waals surface area contributed by atoms with Crippen molar-refractivity contribution in [2.24, 2.45) is 5.73 Å². The Morgan fingerprint density at radius 3 is 2.57 bits per heavy atom. The van der Waals surface area contributed by atoms with Crippen LogP contribution in [0.2, 0.25) is 5.02 Å². The SMILES string of the molecule is NC(=O)Cc1ccccc1NC(=O)c1cccc(Br)c1Cl. The number of nitrogens with one attached hydrogen (secondary N) is 1. The predicted molar refractivity (Wildman–Crippen MR) is 86.4 cm³/mol. The second-order valence-electron chi connectivity index (χ2n) is 4.36. The van der Waals surface area contributed by atoms with Gasteiger partial charge < -0.3 is 11.1 Å². The van der Waals surface area contributed by atoms with E-state index in [1.807, 2.05) is 0 Å². The van der Waals surface area contributed by atoms with Gasteiger partial charge in [-0.15, -0.1) is 0 Å². The molecule has 0 saturated carbocycles. The van der Waals surface area contributed by atoms with Crippen LogP contribution in [0.1, 0.15) is 15.9 Å². The third-order valence-electron chi connectivity index (χ3n) is 2.83. The summed E-state index contributed by atoms with van der Waals surface area (Å²) >= 11 is 9.37. The highest BCUT2D eigenvalue weighted by Gasteiger charge is 2.14. The maximum absolute atomic E-state index is 12.3. The molecular formula is C15H12BrClN2O2. The van der Waals surface area contributed by atoms with E-state index in [0.717, 1.165) is 0 Å². The molecule has 0 atom stereocenters. The number of hydrogen-bond donors (Lipinski definition) is 2. The molecule has 108 valence electrons. The molecule has 0 spiro atoms. The minimum atomic E-state index is -0.461. The number of para-hydroxylation sites is 1. The van der Waals surface area contributed by atoms with Crippen LogP contribution in [0.5, 0.6) is 0 Å². The number of anilines is 1. The number of carbonyl (C=O) groups is 2. The minimum Gasteiger partial charge on any atom is -0.369 e. The molecule has 2 aromatic rings. The van der Waals surface area contributed by atoms with Gasteiger partial charge in [-0.05, 0) is 39.7 Å². The van der Waals surface area contributed by atoms with Gasteiger partial charge in [-0.3, -0.25) is 9.59 Å². The van der Waals surface area contributed by atoms with Crippen LogP contribution < -0.4 is 11.1 Å². The lowest BCUT2D eigenvalue weighted by molar-refractivity contribution is -0.117. The molecule has 2 amide bonds. The second-order valence-corrected chi connectivity index (χ2v) is 5.59. The number of halogens is 2. The molecular weight excluding hydrogens is 356 g/mol. The Morgan fingerprint density at radius 2 is 1.86 bits per heavy atom. The van der Waals surface area contributed by atoms with E-state index < -0.39 is 5.91 Å². The smallest absolute Gasteiger partial charge is 0.257 e. The Bertz CT molecular complexity index is 704. The summed E-state index contributed by atoms with van der Waals surface area (Å²) in [5.74, 6) is -0.810. The quantitative estimate of drug-likeness (QED) is 0.869. The molecule has 0 aliphatic carbocycles. The van der Waals surface area contributed by atoms with Crippen molar-refractivity contribution in [2.75, 3.05) is 5.32 Å². The van der Waals surface area contributed by atoms with Crippen molar-refractivity contribution >= 4 is 45.0 Å². The third-order valence-corrected chi connectivity index (χ3v) is 4.12. The van der Waals surface area contributed by atoms with Crippen LogP contribution in [0, 0.1) is 0 Å². The summed E-state index contributed by atoms with van der Waals surface area (Å²) in [4.78, 5) is 23.4. The first-order valence-electron chi connectivity index (χ1n) is 6.10. The van der Waals surface area contributed by atoms with Crippen LogP contribution in [0.4, 0.5) is 5.69 Å². The Hall–Kier alpha value is -1.85. The summed E-state index contributed by atoms with van der Waals surface area (Å²) in [6.45, 7) is 0. The molecule has 2 rings (SSSR count). The predicted octanol–water partition coefficient (Wildman–Crippen LogP) is 3.38. The third kappa shape index (κ3) is 3.83. The van der Waals surface area contributed by atoms with Crippen LogP contribution in [-0.2, 0) is 11.2 Å². The summed E-state index contributed by atoms with van der Waals surface area (Å²) in [6, 6.07) is 12.1. The largest absolute Gasteiger partial charge is 0.369 e. The zero-order valence-electron chi connectivity index (χ0n) is 10.9. The monoisotopic (exact) mass is 366 g/mol. The molecule has 0 saturated heterocycles. The number of nitrogens with two attached hydrogens (primary N) is 1. The molecule has 2 aromatic carbocycles. The molecule has 0 radical (unpaired) electrons. The maximum Gasteiger partial charge on any atom is 0.257 e. The van der Waals surface area contributed by atoms with E-state index in [4.69, 9.17) is 17.3 Å². The maximum atomic E-state index is 12.3. The van der Waals surface area contributed by atoms with Crippen LogP contribution in [0.3, 0.4) is 0 Å². The normalized spacial score (nSPS) is 10.2. The average Bonchev–Trinajstić information content (AvgIpc) is 2.43. The van der Waals surface area contributed by atoms with Crippen molar-refractivity contribution in [2.45, 2.75) is 6.42 Å². The fourth-order valence-corrected chi connectivity index (χ4v) is 2.43. The van der Waals surface area contributed by atoms with Gasteiger partial charge in [0.25, 0.3) is 5.91 Å². The average molecular weight is 368 g/mol. The Morgan fingerprint density at radius 1 is 1.14 bits per heavy atom. The molecule has 0 heterocycles. The molecule has 0 bridgehead atoms. The van der Waals surface area contributed by atoms with Crippen molar-refractivity contribution in [3.05, 3.63) is 63.1 Å². The fraction of sp³-hybridized carbons (Fsp3) is 0.0667. The van der Waals surface area contributed by atoms with Gasteiger partial charge in [0.2, 0.25) is 5.91 Å². The van der Waals surface area contributed by atoms with Gasteiger partial charge in [0.1, 0.15) is 0 Å². The van der Waals surface area contributed by atoms with E-state index in [1.54, 1.807) is 42.5 Å². The summed E-state index contributed by atoms with van der Waals surface area (Å²) in [5.41, 5.74) is 6.74. The van der Waals surface area contributed by atoms with Crippen LogP contribution in [-0.4, -0.2) is 11.8 Å². The first kappa shape index (κ1) is 15.5. The number of primary amides is 1. The minimum absolute atomic E-state index is 0.0582. The number of benzene rings is 2. The van der Waals surface area contributed by atoms with Crippen molar-refractivity contribution in [1.82, 2.24) is 0 Å². The van der Waals surface area contributed by atoms with Crippen molar-refractivity contribution in [1.29, 1.82) is 0 Å². The van der Waals surface area contributed by atoms with Crippen molar-refractivity contribution in [3.8, 4) is 0 Å². The number of amides is 2. The van der Waals surface area contributed by atoms with Crippen LogP contribution in [0.15, 0.2) is 46.9 Å². The standard InChI is InChI=1S/C15H12BrClN2O2/c16-11-6-3-5-10(14(11)17)15(21)19-12-7-2-1-4-9(12)8-13(18)20/h1-7H,8H2,(H2,18,20)(H,19,21). The summed E-state index contributed by atoms with van der Waals surface area (Å²) in [6.07, 6.45) is 0.0582. The highest BCUT2D eigenvalue weighted by atomic mass is 79.9. The van der Waals surface area contributed by atoms with E-state index >= 15 is 0 Å². The molecule has 21 heavy (non-hydrogen) atoms. The van der Waals surface area contributed by atoms with Gasteiger partial charge in [-0.25, -0.2) is 0 Å². The second kappa shape index (κ2) is 6.74. The molecule has 0 aromatic heterocycles. The van der Waals surface area contributed by atoms with Gasteiger partial charge in [0.05, 0.1) is 17.0 Å². The van der Waals surface area contributed by atoms with E-state index in [2.05, 4.69) is 21.2 Å². The summed E-state index contributed by atoms with van der Waals surface area (Å²) in [7, 11) is 0. The lowest BCUT2D eigenvalue weighted by Crippen LogP contribution is -2.17. The molecule has 6 heteroatoms. The van der Waals surface area contributed by atoms with E-state index in [1.165, 1.54) is 0 Å². The Kier molecular flexibility index (Phi) is 4.98. The zero-order valence-corrected chi connectivity index (χ0v) is 13.2. The van der Waals surface area contributed by atoms with Gasteiger partial charge in [-0.2, -0.15) is 0 Å². The number of hydrogen-bond acceptors (Lipinski definition) is 2. The van der Waals surface area contributed by atoms with Gasteiger partial charge in [0, 0.05) is 10.2 Å². The van der Waals surface area contributed by atoms with Crippen molar-refractivity contribution in [3.63, 3.8) is 0 Å². The molecule has 0 aliphatic rings. The number of rotatable bonds is 4. The fourth-order valence-electron chi connectivity index (χ4n) is 1.85. The number of carbonyl (C=O) groups excluding carboxylic acids is 2. The molecule has 3 N–H and O–H groups in total. The first-order chi connectivity index (χ1) is 9.99. The van der Waals surface area contributed by atoms with E-state index in [0.29, 0.717) is 26.3 Å². The summed E-state index contributed by atoms with van der Waals surface area (Å²) < 4.78 is 0.641. The van der Waals surface area contributed by atoms with Crippen LogP contribution in [0.25, 0.3) is 0 Å². The first-order valence-corrected chi connectivity index (χ1v) is 7.27. The van der Waals surface area contributed by atoms with Gasteiger partial charge >= 0.3 is 0 Å². The van der Waals surface area contributed by atoms with E-state index in [9.17, 15) is 9.59 Å². The van der Waals surface area contributed by atoms with Crippen molar-refractivity contribution < 1.29 is 9.59 Å². The van der Waals surface area contributed by atoms with Crippen LogP contribution >= 0.6 is 27.5 Å². The zero-order chi connectivity index (χ0) is 15.4. The molecule has 0 fully saturated rings. The molecule has 4 nitrogen and oxygen atoms in total. The highest BCUT2D eigenvalue weighted by Crippen LogP contribution is 2.27. The highest BCUT2D eigenvalue weighted by molar-refractivity contribution is 9.10. The topological polar surface area (TPSA) is 72.2 Å². The lowest BCUT2D eigenvalue weighted by atomic mass is 10.1. The van der Waals surface area contributed by atoms with Gasteiger partial charge in [0.15, 0.2) is 0 Å². The molecule has 0 aliphatic heterocycles. The molecule has 0 unspecified atom stereocenters. The Labute approximate surface area is 135 Å².